The van der Waals surface area contributed by atoms with Crippen LogP contribution in [0.2, 0.25) is 0 Å². The Morgan fingerprint density at radius 2 is 1.84 bits per heavy atom. The van der Waals surface area contributed by atoms with Crippen molar-refractivity contribution in [3.8, 4) is 0 Å². The molecule has 174 valence electrons. The molecule has 1 saturated heterocycles. The maximum absolute atomic E-state index is 12.9. The summed E-state index contributed by atoms with van der Waals surface area (Å²) >= 11 is 0. The van der Waals surface area contributed by atoms with Crippen LogP contribution in [0.3, 0.4) is 0 Å². The van der Waals surface area contributed by atoms with Crippen LogP contribution < -0.4 is 5.32 Å². The lowest BCUT2D eigenvalue weighted by molar-refractivity contribution is -0.120. The maximum atomic E-state index is 12.9. The highest BCUT2D eigenvalue weighted by Crippen LogP contribution is 2.28. The first-order chi connectivity index (χ1) is 15.2. The number of hydrogen-bond donors (Lipinski definition) is 1. The molecule has 1 aromatic heterocycles. The third kappa shape index (κ3) is 5.36. The zero-order valence-electron chi connectivity index (χ0n) is 18.6. The SMILES string of the molecule is CCCCOC(=O)c1ccc(NC(=O)C2CCN(S(=O)(=O)c3c(C)noc3C)CC2)cc1. The molecule has 32 heavy (non-hydrogen) atoms. The average Bonchev–Trinajstić information content (AvgIpc) is 3.13. The Hall–Kier alpha value is -2.72. The number of nitrogens with one attached hydrogen (secondary N) is 1. The highest BCUT2D eigenvalue weighted by Gasteiger charge is 2.35. The largest absolute Gasteiger partial charge is 0.462 e. The first-order valence-electron chi connectivity index (χ1n) is 10.7. The normalized spacial score (nSPS) is 15.5. The van der Waals surface area contributed by atoms with E-state index in [4.69, 9.17) is 9.26 Å². The zero-order chi connectivity index (χ0) is 23.3. The average molecular weight is 464 g/mol. The number of aromatic nitrogens is 1. The van der Waals surface area contributed by atoms with Gasteiger partial charge < -0.3 is 14.6 Å². The van der Waals surface area contributed by atoms with Crippen molar-refractivity contribution in [1.29, 1.82) is 0 Å². The van der Waals surface area contributed by atoms with Crippen molar-refractivity contribution >= 4 is 27.6 Å². The number of nitrogens with zero attached hydrogens (tertiary/aromatic N) is 2. The molecular weight excluding hydrogens is 434 g/mol. The van der Waals surface area contributed by atoms with Crippen LogP contribution in [-0.2, 0) is 19.6 Å². The van der Waals surface area contributed by atoms with E-state index < -0.39 is 10.0 Å². The molecule has 0 bridgehead atoms. The second kappa shape index (κ2) is 10.3. The van der Waals surface area contributed by atoms with Crippen molar-refractivity contribution in [2.75, 3.05) is 25.0 Å². The van der Waals surface area contributed by atoms with Crippen molar-refractivity contribution in [3.63, 3.8) is 0 Å². The summed E-state index contributed by atoms with van der Waals surface area (Å²) in [6.07, 6.45) is 2.59. The van der Waals surface area contributed by atoms with Gasteiger partial charge in [-0.1, -0.05) is 18.5 Å². The fourth-order valence-electron chi connectivity index (χ4n) is 3.66. The molecule has 10 heteroatoms. The van der Waals surface area contributed by atoms with Crippen LogP contribution in [0.25, 0.3) is 0 Å². The van der Waals surface area contributed by atoms with E-state index in [-0.39, 0.29) is 41.5 Å². The smallest absolute Gasteiger partial charge is 0.338 e. The molecule has 0 atom stereocenters. The maximum Gasteiger partial charge on any atom is 0.338 e. The van der Waals surface area contributed by atoms with E-state index in [1.54, 1.807) is 38.1 Å². The van der Waals surface area contributed by atoms with Crippen LogP contribution in [0.15, 0.2) is 33.7 Å². The third-order valence-electron chi connectivity index (χ3n) is 5.51. The Labute approximate surface area is 188 Å². The summed E-state index contributed by atoms with van der Waals surface area (Å²) in [6, 6.07) is 6.54. The lowest BCUT2D eigenvalue weighted by Crippen LogP contribution is -2.41. The fraction of sp³-hybridized carbons (Fsp3) is 0.500. The first kappa shape index (κ1) is 23.9. The monoisotopic (exact) mass is 463 g/mol. The number of aryl methyl sites for hydroxylation is 2. The summed E-state index contributed by atoms with van der Waals surface area (Å²) < 4.78 is 37.4. The predicted molar refractivity (Wildman–Crippen MR) is 118 cm³/mol. The van der Waals surface area contributed by atoms with E-state index >= 15 is 0 Å². The molecule has 0 radical (unpaired) electrons. The molecule has 3 rings (SSSR count). The number of sulfonamides is 1. The number of anilines is 1. The van der Waals surface area contributed by atoms with Crippen molar-refractivity contribution in [2.24, 2.45) is 5.92 Å². The molecule has 1 aromatic carbocycles. The van der Waals surface area contributed by atoms with Crippen molar-refractivity contribution in [2.45, 2.75) is 51.3 Å². The molecule has 1 N–H and O–H groups in total. The molecule has 9 nitrogen and oxygen atoms in total. The van der Waals surface area contributed by atoms with Gasteiger partial charge >= 0.3 is 5.97 Å². The minimum absolute atomic E-state index is 0.105. The number of hydrogen-bond acceptors (Lipinski definition) is 7. The second-order valence-electron chi connectivity index (χ2n) is 7.89. The Kier molecular flexibility index (Phi) is 7.68. The number of piperidine rings is 1. The van der Waals surface area contributed by atoms with Crippen LogP contribution in [0.4, 0.5) is 5.69 Å². The molecule has 1 aliphatic heterocycles. The number of carbonyl (C=O) groups excluding carboxylic acids is 2. The van der Waals surface area contributed by atoms with Gasteiger partial charge in [0, 0.05) is 24.7 Å². The number of unbranched alkanes of at least 4 members (excludes halogenated alkanes) is 1. The van der Waals surface area contributed by atoms with Crippen molar-refractivity contribution in [3.05, 3.63) is 41.3 Å². The van der Waals surface area contributed by atoms with Gasteiger partial charge in [0.05, 0.1) is 12.2 Å². The van der Waals surface area contributed by atoms with Gasteiger partial charge in [-0.2, -0.15) is 4.31 Å². The van der Waals surface area contributed by atoms with Gasteiger partial charge in [0.2, 0.25) is 15.9 Å². The highest BCUT2D eigenvalue weighted by molar-refractivity contribution is 7.89. The molecular formula is C22H29N3O6S. The topological polar surface area (TPSA) is 119 Å². The molecule has 1 fully saturated rings. The molecule has 0 spiro atoms. The van der Waals surface area contributed by atoms with Gasteiger partial charge in [-0.15, -0.1) is 0 Å². The van der Waals surface area contributed by atoms with Crippen LogP contribution in [0.1, 0.15) is 54.4 Å². The zero-order valence-corrected chi connectivity index (χ0v) is 19.4. The van der Waals surface area contributed by atoms with E-state index in [0.717, 1.165) is 12.8 Å². The fourth-order valence-corrected chi connectivity index (χ4v) is 5.42. The number of carbonyl (C=O) groups is 2. The summed E-state index contributed by atoms with van der Waals surface area (Å²) in [5, 5.41) is 6.57. The minimum Gasteiger partial charge on any atom is -0.462 e. The molecule has 2 aromatic rings. The summed E-state index contributed by atoms with van der Waals surface area (Å²) in [6.45, 7) is 6.06. The molecule has 0 saturated carbocycles. The summed E-state index contributed by atoms with van der Waals surface area (Å²) in [5.41, 5.74) is 1.34. The van der Waals surface area contributed by atoms with Gasteiger partial charge in [0.25, 0.3) is 0 Å². The first-order valence-corrected chi connectivity index (χ1v) is 12.2. The summed E-state index contributed by atoms with van der Waals surface area (Å²) in [7, 11) is -3.71. The van der Waals surface area contributed by atoms with Gasteiger partial charge in [0.1, 0.15) is 10.6 Å². The number of rotatable bonds is 8. The van der Waals surface area contributed by atoms with E-state index in [1.165, 1.54) is 4.31 Å². The van der Waals surface area contributed by atoms with Gasteiger partial charge in [-0.05, 0) is 57.4 Å². The van der Waals surface area contributed by atoms with Crippen LogP contribution >= 0.6 is 0 Å². The Balaban J connectivity index is 1.54. The lowest BCUT2D eigenvalue weighted by Gasteiger charge is -2.30. The second-order valence-corrected chi connectivity index (χ2v) is 9.76. The minimum atomic E-state index is -3.71. The molecule has 2 heterocycles. The number of esters is 1. The summed E-state index contributed by atoms with van der Waals surface area (Å²) in [4.78, 5) is 24.7. The predicted octanol–water partition coefficient (Wildman–Crippen LogP) is 3.29. The van der Waals surface area contributed by atoms with Gasteiger partial charge in [0.15, 0.2) is 5.76 Å². The summed E-state index contributed by atoms with van der Waals surface area (Å²) in [5.74, 6) is -0.592. The molecule has 0 unspecified atom stereocenters. The van der Waals surface area contributed by atoms with Crippen molar-refractivity contribution in [1.82, 2.24) is 9.46 Å². The van der Waals surface area contributed by atoms with Crippen LogP contribution in [-0.4, -0.2) is 49.5 Å². The van der Waals surface area contributed by atoms with Gasteiger partial charge in [-0.25, -0.2) is 13.2 Å². The quantitative estimate of drug-likeness (QED) is 0.471. The van der Waals surface area contributed by atoms with E-state index in [2.05, 4.69) is 10.5 Å². The molecule has 1 amide bonds. The Bertz CT molecular complexity index is 1030. The van der Waals surface area contributed by atoms with E-state index in [9.17, 15) is 18.0 Å². The number of amides is 1. The van der Waals surface area contributed by atoms with Crippen LogP contribution in [0, 0.1) is 19.8 Å². The standard InChI is InChI=1S/C22H29N3O6S/c1-4-5-14-30-22(27)18-6-8-19(9-7-18)23-21(26)17-10-12-25(13-11-17)32(28,29)20-15(2)24-31-16(20)3/h6-9,17H,4-5,10-14H2,1-3H3,(H,23,26). The van der Waals surface area contributed by atoms with Crippen molar-refractivity contribution < 1.29 is 27.3 Å². The highest BCUT2D eigenvalue weighted by atomic mass is 32.2. The van der Waals surface area contributed by atoms with E-state index in [1.807, 2.05) is 6.92 Å². The molecule has 0 aliphatic carbocycles. The van der Waals surface area contributed by atoms with Gasteiger partial charge in [-0.3, -0.25) is 4.79 Å². The number of ether oxygens (including phenoxy) is 1. The van der Waals surface area contributed by atoms with E-state index in [0.29, 0.717) is 36.4 Å². The Morgan fingerprint density at radius 1 is 1.19 bits per heavy atom. The lowest BCUT2D eigenvalue weighted by atomic mass is 9.97. The molecule has 1 aliphatic rings. The number of benzene rings is 1. The third-order valence-corrected chi connectivity index (χ3v) is 7.65. The van der Waals surface area contributed by atoms with Crippen LogP contribution in [0.5, 0.6) is 0 Å². The Morgan fingerprint density at radius 3 is 2.41 bits per heavy atom.